The summed E-state index contributed by atoms with van der Waals surface area (Å²) in [5.41, 5.74) is 2.01. The number of aromatic nitrogens is 1. The highest BCUT2D eigenvalue weighted by atomic mass is 35.5. The lowest BCUT2D eigenvalue weighted by Gasteiger charge is -2.15. The van der Waals surface area contributed by atoms with E-state index >= 15 is 0 Å². The Kier molecular flexibility index (Phi) is 6.25. The molecule has 0 atom stereocenters. The van der Waals surface area contributed by atoms with Gasteiger partial charge in [-0.3, -0.25) is 14.7 Å². The summed E-state index contributed by atoms with van der Waals surface area (Å²) < 4.78 is 10.7. The zero-order chi connectivity index (χ0) is 21.8. The van der Waals surface area contributed by atoms with Crippen LogP contribution in [0.3, 0.4) is 0 Å². The molecule has 1 amide bonds. The van der Waals surface area contributed by atoms with E-state index in [9.17, 15) is 4.79 Å². The molecule has 31 heavy (non-hydrogen) atoms. The molecule has 6 nitrogen and oxygen atoms in total. The Morgan fingerprint density at radius 2 is 1.90 bits per heavy atom. The molecule has 8 heteroatoms. The summed E-state index contributed by atoms with van der Waals surface area (Å²) in [7, 11) is 3.17. The first-order valence-corrected chi connectivity index (χ1v) is 10.5. The second-order valence-corrected chi connectivity index (χ2v) is 7.83. The van der Waals surface area contributed by atoms with Gasteiger partial charge in [0.2, 0.25) is 0 Å². The Hall–Kier alpha value is -3.29. The molecule has 1 aliphatic heterocycles. The Morgan fingerprint density at radius 1 is 1.10 bits per heavy atom. The van der Waals surface area contributed by atoms with Gasteiger partial charge in [0.15, 0.2) is 5.17 Å². The first-order valence-electron chi connectivity index (χ1n) is 9.30. The molecule has 3 aromatic rings. The number of pyridine rings is 1. The molecular weight excluding hydrogens is 434 g/mol. The number of ether oxygens (including phenoxy) is 2. The van der Waals surface area contributed by atoms with E-state index in [1.165, 1.54) is 18.0 Å². The van der Waals surface area contributed by atoms with Crippen LogP contribution in [0.15, 0.2) is 76.9 Å². The number of nitrogens with zero attached hydrogens (tertiary/aromatic N) is 3. The van der Waals surface area contributed by atoms with Gasteiger partial charge in [-0.2, -0.15) is 0 Å². The number of rotatable bonds is 5. The summed E-state index contributed by atoms with van der Waals surface area (Å²) in [5, 5.41) is 0.911. The third kappa shape index (κ3) is 4.42. The number of hydrogen-bond acceptors (Lipinski definition) is 6. The second-order valence-electron chi connectivity index (χ2n) is 6.42. The molecule has 4 rings (SSSR count). The molecule has 2 aromatic carbocycles. The molecule has 1 fully saturated rings. The van der Waals surface area contributed by atoms with E-state index < -0.39 is 0 Å². The van der Waals surface area contributed by atoms with Gasteiger partial charge in [-0.1, -0.05) is 29.8 Å². The van der Waals surface area contributed by atoms with Gasteiger partial charge in [0.05, 0.1) is 35.5 Å². The highest BCUT2D eigenvalue weighted by Gasteiger charge is 2.35. The topological polar surface area (TPSA) is 64.0 Å². The highest BCUT2D eigenvalue weighted by molar-refractivity contribution is 8.19. The fourth-order valence-corrected chi connectivity index (χ4v) is 4.14. The van der Waals surface area contributed by atoms with E-state index in [1.54, 1.807) is 43.5 Å². The fourth-order valence-electron chi connectivity index (χ4n) is 2.99. The zero-order valence-corrected chi connectivity index (χ0v) is 18.4. The molecule has 156 valence electrons. The van der Waals surface area contributed by atoms with Gasteiger partial charge in [-0.05, 0) is 48.2 Å². The summed E-state index contributed by atoms with van der Waals surface area (Å²) in [4.78, 5) is 24.1. The van der Waals surface area contributed by atoms with Crippen LogP contribution < -0.4 is 14.4 Å². The van der Waals surface area contributed by atoms with Crippen LogP contribution in [0.4, 0.5) is 11.4 Å². The average molecular weight is 452 g/mol. The van der Waals surface area contributed by atoms with Gasteiger partial charge < -0.3 is 9.47 Å². The molecule has 0 aliphatic carbocycles. The Bertz CT molecular complexity index is 1180. The molecule has 2 heterocycles. The number of para-hydroxylation sites is 1. The van der Waals surface area contributed by atoms with Crippen molar-refractivity contribution in [1.82, 2.24) is 4.98 Å². The number of carbonyl (C=O) groups is 1. The van der Waals surface area contributed by atoms with E-state index in [-0.39, 0.29) is 5.91 Å². The number of methoxy groups -OCH3 is 2. The number of amides is 1. The third-order valence-electron chi connectivity index (χ3n) is 4.52. The maximum Gasteiger partial charge on any atom is 0.271 e. The first kappa shape index (κ1) is 21.0. The summed E-state index contributed by atoms with van der Waals surface area (Å²) in [5.74, 6) is 1.09. The van der Waals surface area contributed by atoms with E-state index in [0.717, 1.165) is 5.56 Å². The Balaban J connectivity index is 1.79. The summed E-state index contributed by atoms with van der Waals surface area (Å²) in [6.07, 6.45) is 4.92. The molecular formula is C23H18ClN3O3S. The van der Waals surface area contributed by atoms with Crippen LogP contribution in [-0.4, -0.2) is 30.3 Å². The minimum Gasteiger partial charge on any atom is -0.497 e. The van der Waals surface area contributed by atoms with Gasteiger partial charge in [0, 0.05) is 24.0 Å². The van der Waals surface area contributed by atoms with Gasteiger partial charge >= 0.3 is 0 Å². The van der Waals surface area contributed by atoms with Crippen molar-refractivity contribution in [2.24, 2.45) is 4.99 Å². The summed E-state index contributed by atoms with van der Waals surface area (Å²) >= 11 is 7.51. The molecule has 0 saturated carbocycles. The van der Waals surface area contributed by atoms with Crippen LogP contribution in [0.2, 0.25) is 5.02 Å². The number of hydrogen-bond donors (Lipinski definition) is 0. The molecule has 0 radical (unpaired) electrons. The fraction of sp³-hybridized carbons (Fsp3) is 0.0870. The number of halogens is 1. The first-order chi connectivity index (χ1) is 15.1. The number of amidine groups is 1. The summed E-state index contributed by atoms with van der Waals surface area (Å²) in [6, 6.07) is 16.5. The number of carbonyl (C=O) groups excluding carboxylic acids is 1. The molecule has 0 N–H and O–H groups in total. The largest absolute Gasteiger partial charge is 0.497 e. The Morgan fingerprint density at radius 3 is 2.61 bits per heavy atom. The third-order valence-corrected chi connectivity index (χ3v) is 5.78. The quantitative estimate of drug-likeness (QED) is 0.475. The van der Waals surface area contributed by atoms with Crippen molar-refractivity contribution in [3.8, 4) is 11.5 Å². The van der Waals surface area contributed by atoms with Crippen LogP contribution >= 0.6 is 23.4 Å². The van der Waals surface area contributed by atoms with E-state index in [0.29, 0.717) is 38.0 Å². The number of thioether (sulfide) groups is 1. The van der Waals surface area contributed by atoms with Crippen molar-refractivity contribution in [3.05, 3.63) is 82.5 Å². The van der Waals surface area contributed by atoms with Crippen LogP contribution in [0.25, 0.3) is 6.08 Å². The van der Waals surface area contributed by atoms with Gasteiger partial charge in [-0.25, -0.2) is 4.99 Å². The minimum atomic E-state index is -0.182. The van der Waals surface area contributed by atoms with Crippen molar-refractivity contribution < 1.29 is 14.3 Å². The minimum absolute atomic E-state index is 0.182. The molecule has 0 spiro atoms. The van der Waals surface area contributed by atoms with Gasteiger partial charge in [0.1, 0.15) is 11.5 Å². The molecule has 1 aromatic heterocycles. The lowest BCUT2D eigenvalue weighted by atomic mass is 10.1. The maximum atomic E-state index is 13.4. The van der Waals surface area contributed by atoms with Crippen LogP contribution in [0.1, 0.15) is 5.56 Å². The number of aliphatic imine (C=N–C) groups is 1. The van der Waals surface area contributed by atoms with Gasteiger partial charge in [-0.15, -0.1) is 0 Å². The number of anilines is 1. The SMILES string of the molecule is COc1ccc(/C=C2\SC(=Nc3ccncc3Cl)N(c3ccccc3)C2=O)c(OC)c1. The zero-order valence-electron chi connectivity index (χ0n) is 16.8. The van der Waals surface area contributed by atoms with Gasteiger partial charge in [0.25, 0.3) is 5.91 Å². The predicted octanol–water partition coefficient (Wildman–Crippen LogP) is 5.56. The number of benzene rings is 2. The lowest BCUT2D eigenvalue weighted by Crippen LogP contribution is -2.28. The Labute approximate surface area is 189 Å². The van der Waals surface area contributed by atoms with E-state index in [1.807, 2.05) is 42.5 Å². The smallest absolute Gasteiger partial charge is 0.271 e. The standard InChI is InChI=1S/C23H18ClN3O3S/c1-29-17-9-8-15(20(13-17)30-2)12-21-22(28)27(16-6-4-3-5-7-16)23(31-21)26-19-10-11-25-14-18(19)24/h3-14H,1-2H3/b21-12-,26-23?. The molecule has 0 unspecified atom stereocenters. The van der Waals surface area contributed by atoms with E-state index in [2.05, 4.69) is 9.98 Å². The second kappa shape index (κ2) is 9.24. The molecule has 0 bridgehead atoms. The van der Waals surface area contributed by atoms with E-state index in [4.69, 9.17) is 21.1 Å². The average Bonchev–Trinajstić information content (AvgIpc) is 3.10. The van der Waals surface area contributed by atoms with Crippen molar-refractivity contribution >= 4 is 51.9 Å². The van der Waals surface area contributed by atoms with Crippen molar-refractivity contribution in [2.75, 3.05) is 19.1 Å². The predicted molar refractivity (Wildman–Crippen MR) is 125 cm³/mol. The highest BCUT2D eigenvalue weighted by Crippen LogP contribution is 2.39. The van der Waals surface area contributed by atoms with Crippen molar-refractivity contribution in [3.63, 3.8) is 0 Å². The van der Waals surface area contributed by atoms with Crippen molar-refractivity contribution in [1.29, 1.82) is 0 Å². The molecule has 1 aliphatic rings. The lowest BCUT2D eigenvalue weighted by molar-refractivity contribution is -0.113. The van der Waals surface area contributed by atoms with Crippen LogP contribution in [0, 0.1) is 0 Å². The van der Waals surface area contributed by atoms with Crippen LogP contribution in [-0.2, 0) is 4.79 Å². The maximum absolute atomic E-state index is 13.4. The summed E-state index contributed by atoms with van der Waals surface area (Å²) in [6.45, 7) is 0. The normalized spacial score (nSPS) is 16.2. The van der Waals surface area contributed by atoms with Crippen LogP contribution in [0.5, 0.6) is 11.5 Å². The van der Waals surface area contributed by atoms with Crippen molar-refractivity contribution in [2.45, 2.75) is 0 Å². The monoisotopic (exact) mass is 451 g/mol. The molecule has 1 saturated heterocycles.